The van der Waals surface area contributed by atoms with Crippen molar-refractivity contribution in [3.63, 3.8) is 0 Å². The number of carboxylic acids is 1. The first-order chi connectivity index (χ1) is 12.9. The molecule has 1 N–H and O–H groups in total. The maximum Gasteiger partial charge on any atom is 0.349 e. The van der Waals surface area contributed by atoms with Crippen molar-refractivity contribution in [3.8, 4) is 0 Å². The van der Waals surface area contributed by atoms with E-state index >= 15 is 0 Å². The fraction of sp³-hybridized carbons (Fsp3) is 0.222. The number of hydrogen-bond acceptors (Lipinski definition) is 7. The number of aromatic nitrogens is 2. The van der Waals surface area contributed by atoms with E-state index in [0.29, 0.717) is 20.7 Å². The standard InChI is InChI=1S/C18H15ClN2O4S2/c1-9-12-14(19)20-18(26-10(2)16(22)23)21-15(12)27-13(9)17(24)25-8-11-6-4-3-5-7-11/h3-7,10H,8H2,1-2H3,(H,22,23). The first-order valence-electron chi connectivity index (χ1n) is 7.94. The highest BCUT2D eigenvalue weighted by Crippen LogP contribution is 2.36. The molecule has 3 rings (SSSR count). The van der Waals surface area contributed by atoms with Gasteiger partial charge >= 0.3 is 11.9 Å². The molecule has 2 heterocycles. The SMILES string of the molecule is Cc1c(C(=O)OCc2ccccc2)sc2nc(SC(C)C(=O)O)nc(Cl)c12. The summed E-state index contributed by atoms with van der Waals surface area (Å²) in [5, 5.41) is 9.35. The molecule has 0 aliphatic heterocycles. The number of halogens is 1. The Hall–Kier alpha value is -2.16. The number of thiophene rings is 1. The fourth-order valence-electron chi connectivity index (χ4n) is 2.32. The molecule has 0 aliphatic rings. The predicted octanol–water partition coefficient (Wildman–Crippen LogP) is 4.58. The van der Waals surface area contributed by atoms with Crippen molar-refractivity contribution in [3.05, 3.63) is 51.5 Å². The maximum absolute atomic E-state index is 12.5. The van der Waals surface area contributed by atoms with Gasteiger partial charge in [0.15, 0.2) is 5.16 Å². The van der Waals surface area contributed by atoms with Crippen molar-refractivity contribution < 1.29 is 19.4 Å². The molecule has 1 atom stereocenters. The molecule has 0 saturated heterocycles. The highest BCUT2D eigenvalue weighted by atomic mass is 35.5. The summed E-state index contributed by atoms with van der Waals surface area (Å²) in [6, 6.07) is 9.39. The molecule has 9 heteroatoms. The Bertz CT molecular complexity index is 1010. The van der Waals surface area contributed by atoms with E-state index in [1.165, 1.54) is 0 Å². The van der Waals surface area contributed by atoms with Crippen molar-refractivity contribution >= 4 is 56.9 Å². The summed E-state index contributed by atoms with van der Waals surface area (Å²) < 4.78 is 5.39. The van der Waals surface area contributed by atoms with Crippen LogP contribution in [0.15, 0.2) is 35.5 Å². The van der Waals surface area contributed by atoms with E-state index in [1.54, 1.807) is 13.8 Å². The topological polar surface area (TPSA) is 89.4 Å². The Morgan fingerprint density at radius 3 is 2.67 bits per heavy atom. The van der Waals surface area contributed by atoms with Crippen LogP contribution in [0.2, 0.25) is 5.15 Å². The van der Waals surface area contributed by atoms with Crippen molar-refractivity contribution in [2.45, 2.75) is 30.9 Å². The van der Waals surface area contributed by atoms with E-state index in [9.17, 15) is 9.59 Å². The van der Waals surface area contributed by atoms with Crippen molar-refractivity contribution in [2.75, 3.05) is 0 Å². The van der Waals surface area contributed by atoms with Crippen LogP contribution in [0.4, 0.5) is 0 Å². The summed E-state index contributed by atoms with van der Waals surface area (Å²) in [4.78, 5) is 33.0. The molecule has 140 valence electrons. The lowest BCUT2D eigenvalue weighted by atomic mass is 10.2. The Labute approximate surface area is 168 Å². The van der Waals surface area contributed by atoms with Gasteiger partial charge in [0.25, 0.3) is 0 Å². The van der Waals surface area contributed by atoms with Gasteiger partial charge in [-0.2, -0.15) is 0 Å². The number of aliphatic carboxylic acids is 1. The van der Waals surface area contributed by atoms with Gasteiger partial charge in [0.05, 0.1) is 5.39 Å². The summed E-state index contributed by atoms with van der Waals surface area (Å²) in [5.74, 6) is -1.42. The van der Waals surface area contributed by atoms with E-state index in [1.807, 2.05) is 30.3 Å². The number of rotatable bonds is 6. The van der Waals surface area contributed by atoms with Gasteiger partial charge in [-0.15, -0.1) is 11.3 Å². The smallest absolute Gasteiger partial charge is 0.349 e. The Morgan fingerprint density at radius 1 is 1.30 bits per heavy atom. The summed E-state index contributed by atoms with van der Waals surface area (Å²) in [7, 11) is 0. The number of nitrogens with zero attached hydrogens (tertiary/aromatic N) is 2. The van der Waals surface area contributed by atoms with Crippen LogP contribution >= 0.6 is 34.7 Å². The summed E-state index contributed by atoms with van der Waals surface area (Å²) in [6.45, 7) is 3.48. The Morgan fingerprint density at radius 2 is 2.00 bits per heavy atom. The van der Waals surface area contributed by atoms with E-state index in [2.05, 4.69) is 9.97 Å². The maximum atomic E-state index is 12.5. The molecule has 0 fully saturated rings. The number of aryl methyl sites for hydroxylation is 1. The highest BCUT2D eigenvalue weighted by Gasteiger charge is 2.22. The molecule has 0 saturated carbocycles. The average Bonchev–Trinajstić information content (AvgIpc) is 2.97. The number of esters is 1. The minimum absolute atomic E-state index is 0.171. The Balaban J connectivity index is 1.86. The third kappa shape index (κ3) is 4.40. The van der Waals surface area contributed by atoms with Crippen LogP contribution in [-0.2, 0) is 16.1 Å². The monoisotopic (exact) mass is 422 g/mol. The van der Waals surface area contributed by atoms with Crippen LogP contribution in [-0.4, -0.2) is 32.3 Å². The molecule has 1 aromatic carbocycles. The number of ether oxygens (including phenoxy) is 1. The van der Waals surface area contributed by atoms with Gasteiger partial charge in [0.1, 0.15) is 26.7 Å². The van der Waals surface area contributed by atoms with E-state index in [-0.39, 0.29) is 16.9 Å². The number of carbonyl (C=O) groups is 2. The normalized spacial score (nSPS) is 12.1. The molecule has 0 bridgehead atoms. The number of carbonyl (C=O) groups excluding carboxylic acids is 1. The van der Waals surface area contributed by atoms with Gasteiger partial charge in [-0.05, 0) is 25.0 Å². The van der Waals surface area contributed by atoms with Crippen molar-refractivity contribution in [1.29, 1.82) is 0 Å². The third-order valence-electron chi connectivity index (χ3n) is 3.75. The second-order valence-corrected chi connectivity index (χ2v) is 8.36. The number of benzene rings is 1. The molecule has 1 unspecified atom stereocenters. The number of hydrogen-bond donors (Lipinski definition) is 1. The van der Waals surface area contributed by atoms with Crippen LogP contribution < -0.4 is 0 Å². The summed E-state index contributed by atoms with van der Waals surface area (Å²) >= 11 is 8.42. The molecular formula is C18H15ClN2O4S2. The minimum atomic E-state index is -0.965. The number of fused-ring (bicyclic) bond motifs is 1. The van der Waals surface area contributed by atoms with Gasteiger partial charge in [0.2, 0.25) is 0 Å². The highest BCUT2D eigenvalue weighted by molar-refractivity contribution is 8.00. The van der Waals surface area contributed by atoms with E-state index in [0.717, 1.165) is 28.7 Å². The molecule has 0 aliphatic carbocycles. The minimum Gasteiger partial charge on any atom is -0.480 e. The molecule has 27 heavy (non-hydrogen) atoms. The number of thioether (sulfide) groups is 1. The van der Waals surface area contributed by atoms with Gasteiger partial charge < -0.3 is 9.84 Å². The lowest BCUT2D eigenvalue weighted by molar-refractivity contribution is -0.136. The van der Waals surface area contributed by atoms with Gasteiger partial charge in [-0.3, -0.25) is 4.79 Å². The molecule has 3 aromatic rings. The van der Waals surface area contributed by atoms with Crippen LogP contribution in [0.1, 0.15) is 27.7 Å². The van der Waals surface area contributed by atoms with Crippen molar-refractivity contribution in [2.24, 2.45) is 0 Å². The van der Waals surface area contributed by atoms with Crippen LogP contribution in [0.3, 0.4) is 0 Å². The van der Waals surface area contributed by atoms with Crippen LogP contribution in [0.5, 0.6) is 0 Å². The van der Waals surface area contributed by atoms with Crippen molar-refractivity contribution in [1.82, 2.24) is 9.97 Å². The molecule has 0 amide bonds. The zero-order valence-electron chi connectivity index (χ0n) is 14.4. The Kier molecular flexibility index (Phi) is 5.98. The first kappa shape index (κ1) is 19.6. The second-order valence-electron chi connectivity index (χ2n) is 5.69. The van der Waals surface area contributed by atoms with Crippen LogP contribution in [0, 0.1) is 6.92 Å². The molecule has 2 aromatic heterocycles. The molecule has 0 radical (unpaired) electrons. The number of carboxylic acid groups (broad SMARTS) is 1. The lowest BCUT2D eigenvalue weighted by Crippen LogP contribution is -2.11. The van der Waals surface area contributed by atoms with E-state index < -0.39 is 17.2 Å². The largest absolute Gasteiger partial charge is 0.480 e. The molecule has 0 spiro atoms. The third-order valence-corrected chi connectivity index (χ3v) is 6.14. The molecule has 6 nitrogen and oxygen atoms in total. The average molecular weight is 423 g/mol. The van der Waals surface area contributed by atoms with Gasteiger partial charge in [0, 0.05) is 0 Å². The van der Waals surface area contributed by atoms with E-state index in [4.69, 9.17) is 21.4 Å². The second kappa shape index (κ2) is 8.24. The quantitative estimate of drug-likeness (QED) is 0.269. The summed E-state index contributed by atoms with van der Waals surface area (Å²) in [6.07, 6.45) is 0. The lowest BCUT2D eigenvalue weighted by Gasteiger charge is -2.05. The summed E-state index contributed by atoms with van der Waals surface area (Å²) in [5.41, 5.74) is 1.55. The zero-order chi connectivity index (χ0) is 19.6. The molecular weight excluding hydrogens is 408 g/mol. The predicted molar refractivity (Wildman–Crippen MR) is 106 cm³/mol. The first-order valence-corrected chi connectivity index (χ1v) is 10.0. The zero-order valence-corrected chi connectivity index (χ0v) is 16.8. The van der Waals surface area contributed by atoms with Crippen LogP contribution in [0.25, 0.3) is 10.2 Å². The van der Waals surface area contributed by atoms with Gasteiger partial charge in [-0.1, -0.05) is 53.7 Å². The fourth-order valence-corrected chi connectivity index (χ4v) is 4.57. The van der Waals surface area contributed by atoms with Gasteiger partial charge in [-0.25, -0.2) is 14.8 Å².